The molecule has 0 radical (unpaired) electrons. The van der Waals surface area contributed by atoms with Gasteiger partial charge in [-0.15, -0.1) is 0 Å². The SMILES string of the molecule is COc1ccc2c(ccc(C=Cc3ccc([N+](=O)[O-])cc3)[n+]2C)c1.Cc1ccc(S(=O)(=O)[O-])cc1. The molecule has 4 rings (SSSR count). The fraction of sp³-hybridized carbons (Fsp3) is 0.115. The van der Waals surface area contributed by atoms with Gasteiger partial charge in [0, 0.05) is 30.3 Å². The lowest BCUT2D eigenvalue weighted by Crippen LogP contribution is -2.32. The molecule has 0 fully saturated rings. The van der Waals surface area contributed by atoms with Gasteiger partial charge in [-0.3, -0.25) is 10.1 Å². The highest BCUT2D eigenvalue weighted by atomic mass is 32.2. The van der Waals surface area contributed by atoms with Crippen LogP contribution >= 0.6 is 0 Å². The van der Waals surface area contributed by atoms with Crippen molar-refractivity contribution in [3.63, 3.8) is 0 Å². The molecule has 9 heteroatoms. The van der Waals surface area contributed by atoms with Crippen LogP contribution in [0.25, 0.3) is 23.1 Å². The van der Waals surface area contributed by atoms with Crippen molar-refractivity contribution in [3.05, 3.63) is 106 Å². The molecule has 8 nitrogen and oxygen atoms in total. The predicted octanol–water partition coefficient (Wildman–Crippen LogP) is 4.65. The molecule has 0 aliphatic rings. The number of aryl methyl sites for hydroxylation is 2. The van der Waals surface area contributed by atoms with Crippen LogP contribution in [0.2, 0.25) is 0 Å². The first-order chi connectivity index (χ1) is 16.6. The van der Waals surface area contributed by atoms with Crippen molar-refractivity contribution in [2.75, 3.05) is 7.11 Å². The first-order valence-corrected chi connectivity index (χ1v) is 11.9. The molecule has 3 aromatic carbocycles. The molecule has 0 saturated carbocycles. The van der Waals surface area contributed by atoms with Gasteiger partial charge in [-0.1, -0.05) is 17.7 Å². The third-order valence-corrected chi connectivity index (χ3v) is 6.13. The summed E-state index contributed by atoms with van der Waals surface area (Å²) in [6, 6.07) is 22.3. The zero-order valence-corrected chi connectivity index (χ0v) is 20.2. The Bertz CT molecular complexity index is 1480. The van der Waals surface area contributed by atoms with Gasteiger partial charge in [0.05, 0.1) is 22.3 Å². The van der Waals surface area contributed by atoms with Gasteiger partial charge in [0.15, 0.2) is 0 Å². The molecule has 0 N–H and O–H groups in total. The van der Waals surface area contributed by atoms with E-state index in [0.29, 0.717) is 0 Å². The van der Waals surface area contributed by atoms with Gasteiger partial charge in [-0.2, -0.15) is 4.57 Å². The molecule has 0 bridgehead atoms. The van der Waals surface area contributed by atoms with Gasteiger partial charge in [-0.05, 0) is 61.0 Å². The number of nitro benzene ring substituents is 1. The number of nitro groups is 1. The number of nitrogens with zero attached hydrogens (tertiary/aromatic N) is 2. The van der Waals surface area contributed by atoms with E-state index in [0.717, 1.165) is 33.5 Å². The van der Waals surface area contributed by atoms with Crippen molar-refractivity contribution in [1.82, 2.24) is 0 Å². The molecular formula is C26H24N2O6S. The Balaban J connectivity index is 0.000000261. The van der Waals surface area contributed by atoms with E-state index in [1.807, 2.05) is 56.5 Å². The van der Waals surface area contributed by atoms with E-state index in [2.05, 4.69) is 4.57 Å². The van der Waals surface area contributed by atoms with Crippen LogP contribution < -0.4 is 9.30 Å². The van der Waals surface area contributed by atoms with Crippen LogP contribution in [-0.4, -0.2) is 25.0 Å². The number of non-ortho nitro benzene ring substituents is 1. The molecule has 0 unspecified atom stereocenters. The first-order valence-electron chi connectivity index (χ1n) is 10.5. The van der Waals surface area contributed by atoms with Crippen LogP contribution in [0, 0.1) is 17.0 Å². The summed E-state index contributed by atoms with van der Waals surface area (Å²) in [5.74, 6) is 0.830. The number of hydrogen-bond acceptors (Lipinski definition) is 6. The lowest BCUT2D eigenvalue weighted by atomic mass is 10.1. The Hall–Kier alpha value is -4.08. The Labute approximate surface area is 203 Å². The van der Waals surface area contributed by atoms with Gasteiger partial charge < -0.3 is 9.29 Å². The zero-order valence-electron chi connectivity index (χ0n) is 19.4. The van der Waals surface area contributed by atoms with E-state index in [1.165, 1.54) is 24.3 Å². The molecule has 1 heterocycles. The summed E-state index contributed by atoms with van der Waals surface area (Å²) in [4.78, 5) is 10.1. The van der Waals surface area contributed by atoms with Crippen LogP contribution in [0.3, 0.4) is 0 Å². The fourth-order valence-electron chi connectivity index (χ4n) is 3.29. The highest BCUT2D eigenvalue weighted by Crippen LogP contribution is 2.19. The molecule has 0 aliphatic carbocycles. The summed E-state index contributed by atoms with van der Waals surface area (Å²) in [5, 5.41) is 11.8. The van der Waals surface area contributed by atoms with Crippen molar-refractivity contribution in [2.24, 2.45) is 7.05 Å². The molecule has 1 aromatic heterocycles. The number of rotatable bonds is 5. The van der Waals surface area contributed by atoms with E-state index in [1.54, 1.807) is 31.4 Å². The summed E-state index contributed by atoms with van der Waals surface area (Å²) in [6.07, 6.45) is 3.93. The molecule has 0 amide bonds. The summed E-state index contributed by atoms with van der Waals surface area (Å²) in [5.41, 5.74) is 4.07. The summed E-state index contributed by atoms with van der Waals surface area (Å²) < 4.78 is 38.5. The third-order valence-electron chi connectivity index (χ3n) is 5.28. The Morgan fingerprint density at radius 1 is 0.914 bits per heavy atom. The van der Waals surface area contributed by atoms with Gasteiger partial charge >= 0.3 is 0 Å². The summed E-state index contributed by atoms with van der Waals surface area (Å²) in [6.45, 7) is 1.82. The van der Waals surface area contributed by atoms with Crippen molar-refractivity contribution < 1.29 is 27.2 Å². The van der Waals surface area contributed by atoms with Crippen molar-refractivity contribution in [1.29, 1.82) is 0 Å². The van der Waals surface area contributed by atoms with Gasteiger partial charge in [0.1, 0.15) is 22.9 Å². The number of ether oxygens (including phenoxy) is 1. The van der Waals surface area contributed by atoms with Crippen LogP contribution in [0.5, 0.6) is 5.75 Å². The van der Waals surface area contributed by atoms with E-state index in [4.69, 9.17) is 4.74 Å². The zero-order chi connectivity index (χ0) is 25.6. The molecule has 180 valence electrons. The largest absolute Gasteiger partial charge is 0.744 e. The van der Waals surface area contributed by atoms with E-state index < -0.39 is 15.0 Å². The lowest BCUT2D eigenvalue weighted by Gasteiger charge is -2.05. The molecule has 0 aliphatic heterocycles. The smallest absolute Gasteiger partial charge is 0.269 e. The Kier molecular flexibility index (Phi) is 7.95. The highest BCUT2D eigenvalue weighted by molar-refractivity contribution is 7.85. The van der Waals surface area contributed by atoms with Crippen molar-refractivity contribution in [3.8, 4) is 5.75 Å². The average molecular weight is 493 g/mol. The van der Waals surface area contributed by atoms with E-state index in [9.17, 15) is 23.1 Å². The van der Waals surface area contributed by atoms with Crippen LogP contribution in [0.4, 0.5) is 5.69 Å². The highest BCUT2D eigenvalue weighted by Gasteiger charge is 2.10. The number of fused-ring (bicyclic) bond motifs is 1. The van der Waals surface area contributed by atoms with Gasteiger partial charge in [0.2, 0.25) is 11.2 Å². The van der Waals surface area contributed by atoms with Crippen LogP contribution in [-0.2, 0) is 17.2 Å². The predicted molar refractivity (Wildman–Crippen MR) is 133 cm³/mol. The molecule has 4 aromatic rings. The molecule has 0 spiro atoms. The minimum Gasteiger partial charge on any atom is -0.744 e. The van der Waals surface area contributed by atoms with Crippen molar-refractivity contribution >= 4 is 38.9 Å². The minimum absolute atomic E-state index is 0.0948. The minimum atomic E-state index is -4.27. The van der Waals surface area contributed by atoms with Crippen molar-refractivity contribution in [2.45, 2.75) is 11.8 Å². The average Bonchev–Trinajstić information content (AvgIpc) is 2.84. The third kappa shape index (κ3) is 6.72. The van der Waals surface area contributed by atoms with Gasteiger partial charge in [-0.25, -0.2) is 8.42 Å². The second-order valence-corrected chi connectivity index (χ2v) is 9.07. The van der Waals surface area contributed by atoms with E-state index >= 15 is 0 Å². The normalized spacial score (nSPS) is 11.2. The topological polar surface area (TPSA) is 113 Å². The lowest BCUT2D eigenvalue weighted by molar-refractivity contribution is -0.646. The van der Waals surface area contributed by atoms with E-state index in [-0.39, 0.29) is 10.6 Å². The summed E-state index contributed by atoms with van der Waals surface area (Å²) >= 11 is 0. The second-order valence-electron chi connectivity index (χ2n) is 7.69. The molecular weight excluding hydrogens is 468 g/mol. The van der Waals surface area contributed by atoms with Crippen LogP contribution in [0.1, 0.15) is 16.8 Å². The monoisotopic (exact) mass is 492 g/mol. The van der Waals surface area contributed by atoms with Gasteiger partial charge in [0.25, 0.3) is 5.69 Å². The molecule has 0 saturated heterocycles. The quantitative estimate of drug-likeness (QED) is 0.173. The second kappa shape index (κ2) is 10.9. The Morgan fingerprint density at radius 2 is 1.57 bits per heavy atom. The Morgan fingerprint density at radius 3 is 2.14 bits per heavy atom. The number of aromatic nitrogens is 1. The molecule has 35 heavy (non-hydrogen) atoms. The number of pyridine rings is 1. The number of benzene rings is 3. The maximum atomic E-state index is 10.7. The summed E-state index contributed by atoms with van der Waals surface area (Å²) in [7, 11) is -0.610. The fourth-order valence-corrected chi connectivity index (χ4v) is 3.76. The first kappa shape index (κ1) is 25.5. The molecule has 0 atom stereocenters. The maximum absolute atomic E-state index is 10.7. The maximum Gasteiger partial charge on any atom is 0.269 e. The number of methoxy groups -OCH3 is 1. The number of hydrogen-bond donors (Lipinski definition) is 0. The van der Waals surface area contributed by atoms with Crippen LogP contribution in [0.15, 0.2) is 83.8 Å². The standard InChI is InChI=1S/C19H17N2O3.C7H8O3S/c1-20-16(7-3-14-4-8-17(9-5-14)21(22)23)10-6-15-13-18(24-2)11-12-19(15)20;1-6-2-4-7(5-3-6)11(8,9)10/h3-13H,1-2H3;2-5H,1H3,(H,8,9,10)/q+1;/p-1.